The summed E-state index contributed by atoms with van der Waals surface area (Å²) in [7, 11) is 1.61. The predicted octanol–water partition coefficient (Wildman–Crippen LogP) is 3.33. The highest BCUT2D eigenvalue weighted by Crippen LogP contribution is 2.48. The zero-order chi connectivity index (χ0) is 13.1. The molecule has 1 aliphatic carbocycles. The molecule has 1 fully saturated rings. The van der Waals surface area contributed by atoms with Gasteiger partial charge in [-0.2, -0.15) is 0 Å². The lowest BCUT2D eigenvalue weighted by molar-refractivity contribution is 0.156. The molecule has 18 heavy (non-hydrogen) atoms. The summed E-state index contributed by atoms with van der Waals surface area (Å²) in [6, 6.07) is 5.62. The zero-order valence-electron chi connectivity index (χ0n) is 11.4. The molecule has 0 heterocycles. The molecule has 3 atom stereocenters. The fraction of sp³-hybridized carbons (Fsp3) is 0.600. The van der Waals surface area contributed by atoms with Crippen LogP contribution < -0.4 is 10.1 Å². The predicted molar refractivity (Wildman–Crippen MR) is 71.6 cm³/mol. The Labute approximate surface area is 109 Å². The van der Waals surface area contributed by atoms with Gasteiger partial charge in [0.2, 0.25) is 0 Å². The van der Waals surface area contributed by atoms with Crippen molar-refractivity contribution in [3.05, 3.63) is 29.6 Å². The van der Waals surface area contributed by atoms with Crippen molar-refractivity contribution in [1.82, 2.24) is 5.32 Å². The van der Waals surface area contributed by atoms with Gasteiger partial charge in [-0.3, -0.25) is 0 Å². The van der Waals surface area contributed by atoms with Gasteiger partial charge in [0.05, 0.1) is 7.11 Å². The first-order valence-electron chi connectivity index (χ1n) is 6.78. The SMILES string of the molecule is CCNC1CC(c2c(F)cccc2OC)C1CC. The first-order valence-corrected chi connectivity index (χ1v) is 6.78. The van der Waals surface area contributed by atoms with Gasteiger partial charge in [0, 0.05) is 11.6 Å². The first kappa shape index (κ1) is 13.3. The van der Waals surface area contributed by atoms with Crippen LogP contribution >= 0.6 is 0 Å². The van der Waals surface area contributed by atoms with Crippen molar-refractivity contribution in [2.75, 3.05) is 13.7 Å². The molecule has 0 saturated heterocycles. The first-order chi connectivity index (χ1) is 8.72. The highest BCUT2D eigenvalue weighted by atomic mass is 19.1. The lowest BCUT2D eigenvalue weighted by Crippen LogP contribution is -2.49. The minimum absolute atomic E-state index is 0.132. The largest absolute Gasteiger partial charge is 0.496 e. The molecular formula is C15H22FNO. The molecule has 2 nitrogen and oxygen atoms in total. The lowest BCUT2D eigenvalue weighted by Gasteiger charge is -2.45. The molecule has 3 unspecified atom stereocenters. The van der Waals surface area contributed by atoms with Gasteiger partial charge in [-0.15, -0.1) is 0 Å². The third kappa shape index (κ3) is 2.24. The van der Waals surface area contributed by atoms with E-state index in [4.69, 9.17) is 4.74 Å². The van der Waals surface area contributed by atoms with Gasteiger partial charge >= 0.3 is 0 Å². The fourth-order valence-corrected chi connectivity index (χ4v) is 3.16. The summed E-state index contributed by atoms with van der Waals surface area (Å²) < 4.78 is 19.3. The maximum absolute atomic E-state index is 14.0. The monoisotopic (exact) mass is 251 g/mol. The van der Waals surface area contributed by atoms with Crippen molar-refractivity contribution >= 4 is 0 Å². The van der Waals surface area contributed by atoms with E-state index in [0.29, 0.717) is 17.7 Å². The number of ether oxygens (including phenoxy) is 1. The molecule has 1 saturated carbocycles. The minimum atomic E-state index is -0.132. The topological polar surface area (TPSA) is 21.3 Å². The molecule has 100 valence electrons. The van der Waals surface area contributed by atoms with E-state index < -0.39 is 0 Å². The Morgan fingerprint density at radius 3 is 2.78 bits per heavy atom. The van der Waals surface area contributed by atoms with Crippen molar-refractivity contribution in [2.45, 2.75) is 38.6 Å². The van der Waals surface area contributed by atoms with E-state index in [1.165, 1.54) is 6.07 Å². The van der Waals surface area contributed by atoms with Crippen LogP contribution in [0, 0.1) is 11.7 Å². The van der Waals surface area contributed by atoms with Crippen molar-refractivity contribution < 1.29 is 9.13 Å². The summed E-state index contributed by atoms with van der Waals surface area (Å²) in [5.41, 5.74) is 0.765. The summed E-state index contributed by atoms with van der Waals surface area (Å²) >= 11 is 0. The average molecular weight is 251 g/mol. The third-order valence-corrected chi connectivity index (χ3v) is 4.08. The number of rotatable bonds is 5. The van der Waals surface area contributed by atoms with Crippen molar-refractivity contribution in [3.63, 3.8) is 0 Å². The number of methoxy groups -OCH3 is 1. The van der Waals surface area contributed by atoms with Crippen LogP contribution in [0.25, 0.3) is 0 Å². The Kier molecular flexibility index (Phi) is 4.23. The van der Waals surface area contributed by atoms with E-state index >= 15 is 0 Å². The van der Waals surface area contributed by atoms with E-state index in [1.54, 1.807) is 13.2 Å². The lowest BCUT2D eigenvalue weighted by atomic mass is 9.64. The smallest absolute Gasteiger partial charge is 0.130 e. The third-order valence-electron chi connectivity index (χ3n) is 4.08. The standard InChI is InChI=1S/C15H22FNO/c1-4-10-11(9-13(10)17-5-2)15-12(16)7-6-8-14(15)18-3/h6-8,10-11,13,17H,4-5,9H2,1-3H3. The fourth-order valence-electron chi connectivity index (χ4n) is 3.16. The Bertz CT molecular complexity index is 407. The maximum Gasteiger partial charge on any atom is 0.130 e. The van der Waals surface area contributed by atoms with Crippen LogP contribution in [0.4, 0.5) is 4.39 Å². The van der Waals surface area contributed by atoms with E-state index in [1.807, 2.05) is 6.07 Å². The van der Waals surface area contributed by atoms with Gasteiger partial charge in [-0.05, 0) is 36.9 Å². The number of hydrogen-bond acceptors (Lipinski definition) is 2. The number of benzene rings is 1. The molecule has 2 rings (SSSR count). The summed E-state index contributed by atoms with van der Waals surface area (Å²) in [4.78, 5) is 0. The van der Waals surface area contributed by atoms with E-state index in [2.05, 4.69) is 19.2 Å². The van der Waals surface area contributed by atoms with E-state index in [9.17, 15) is 4.39 Å². The molecule has 0 amide bonds. The molecule has 0 radical (unpaired) electrons. The maximum atomic E-state index is 14.0. The Balaban J connectivity index is 2.23. The van der Waals surface area contributed by atoms with Crippen LogP contribution in [0.2, 0.25) is 0 Å². The van der Waals surface area contributed by atoms with Crippen LogP contribution in [-0.2, 0) is 0 Å². The van der Waals surface area contributed by atoms with Crippen LogP contribution in [0.3, 0.4) is 0 Å². The Morgan fingerprint density at radius 1 is 1.39 bits per heavy atom. The molecular weight excluding hydrogens is 229 g/mol. The highest BCUT2D eigenvalue weighted by Gasteiger charge is 2.42. The number of halogens is 1. The average Bonchev–Trinajstić information content (AvgIpc) is 2.35. The second kappa shape index (κ2) is 5.70. The second-order valence-electron chi connectivity index (χ2n) is 4.93. The van der Waals surface area contributed by atoms with Crippen LogP contribution in [0.1, 0.15) is 38.2 Å². The minimum Gasteiger partial charge on any atom is -0.496 e. The van der Waals surface area contributed by atoms with E-state index in [0.717, 1.165) is 24.9 Å². The van der Waals surface area contributed by atoms with Gasteiger partial charge in [0.25, 0.3) is 0 Å². The molecule has 1 aromatic carbocycles. The quantitative estimate of drug-likeness (QED) is 0.866. The molecule has 1 N–H and O–H groups in total. The summed E-state index contributed by atoms with van der Waals surface area (Å²) in [5.74, 6) is 1.35. The van der Waals surface area contributed by atoms with Gasteiger partial charge in [0.1, 0.15) is 11.6 Å². The van der Waals surface area contributed by atoms with Gasteiger partial charge in [-0.1, -0.05) is 26.3 Å². The molecule has 0 spiro atoms. The molecule has 0 aromatic heterocycles. The molecule has 0 aliphatic heterocycles. The van der Waals surface area contributed by atoms with Crippen LogP contribution in [-0.4, -0.2) is 19.7 Å². The summed E-state index contributed by atoms with van der Waals surface area (Å²) in [6.45, 7) is 5.26. The van der Waals surface area contributed by atoms with Crippen LogP contribution in [0.5, 0.6) is 5.75 Å². The van der Waals surface area contributed by atoms with Crippen LogP contribution in [0.15, 0.2) is 18.2 Å². The van der Waals surface area contributed by atoms with Crippen molar-refractivity contribution in [3.8, 4) is 5.75 Å². The summed E-state index contributed by atoms with van der Waals surface area (Å²) in [6.07, 6.45) is 2.07. The van der Waals surface area contributed by atoms with Gasteiger partial charge < -0.3 is 10.1 Å². The number of nitrogens with one attached hydrogen (secondary N) is 1. The van der Waals surface area contributed by atoms with Gasteiger partial charge in [-0.25, -0.2) is 4.39 Å². The molecule has 1 aromatic rings. The molecule has 0 bridgehead atoms. The highest BCUT2D eigenvalue weighted by molar-refractivity contribution is 5.40. The summed E-state index contributed by atoms with van der Waals surface area (Å²) in [5, 5.41) is 3.48. The Hall–Kier alpha value is -1.09. The molecule has 1 aliphatic rings. The normalized spacial score (nSPS) is 26.8. The zero-order valence-corrected chi connectivity index (χ0v) is 11.4. The Morgan fingerprint density at radius 2 is 2.17 bits per heavy atom. The van der Waals surface area contributed by atoms with E-state index in [-0.39, 0.29) is 11.7 Å². The van der Waals surface area contributed by atoms with Crippen molar-refractivity contribution in [1.29, 1.82) is 0 Å². The number of hydrogen-bond donors (Lipinski definition) is 1. The van der Waals surface area contributed by atoms with Gasteiger partial charge in [0.15, 0.2) is 0 Å². The second-order valence-corrected chi connectivity index (χ2v) is 4.93. The van der Waals surface area contributed by atoms with Crippen molar-refractivity contribution in [2.24, 2.45) is 5.92 Å². The molecule has 3 heteroatoms.